The van der Waals surface area contributed by atoms with Crippen molar-refractivity contribution < 1.29 is 14.4 Å². The van der Waals surface area contributed by atoms with Gasteiger partial charge in [0, 0.05) is 35.1 Å². The number of pyridine rings is 1. The third kappa shape index (κ3) is 3.27. The van der Waals surface area contributed by atoms with Gasteiger partial charge in [0.15, 0.2) is 0 Å². The van der Waals surface area contributed by atoms with Crippen LogP contribution >= 0.6 is 11.6 Å². The number of anilines is 1. The molecular weight excluding hydrogens is 524 g/mol. The van der Waals surface area contributed by atoms with Gasteiger partial charge in [-0.3, -0.25) is 19.4 Å². The molecule has 3 amide bonds. The topological polar surface area (TPSA) is 91.7 Å². The van der Waals surface area contributed by atoms with Gasteiger partial charge in [-0.25, -0.2) is 10.3 Å². The number of rotatable bonds is 4. The van der Waals surface area contributed by atoms with Crippen LogP contribution in [0.3, 0.4) is 0 Å². The second-order valence-corrected chi connectivity index (χ2v) is 10.8. The molecule has 2 unspecified atom stereocenters. The predicted octanol–water partition coefficient (Wildman–Crippen LogP) is 5.01. The number of nitrogens with one attached hydrogen (secondary N) is 1. The van der Waals surface area contributed by atoms with E-state index >= 15 is 0 Å². The van der Waals surface area contributed by atoms with Crippen molar-refractivity contribution >= 4 is 41.2 Å². The zero-order valence-electron chi connectivity index (χ0n) is 21.4. The van der Waals surface area contributed by atoms with Gasteiger partial charge in [0.25, 0.3) is 5.91 Å². The number of carbonyl (C=O) groups excluding carboxylic acids is 3. The first kappa shape index (κ1) is 24.4. The first-order chi connectivity index (χ1) is 19.4. The van der Waals surface area contributed by atoms with Gasteiger partial charge in [-0.1, -0.05) is 66.2 Å². The summed E-state index contributed by atoms with van der Waals surface area (Å²) in [6, 6.07) is 24.2. The standard InChI is InChI=1S/C32H23ClN4O3/c1-18-10-11-20(33)16-25(18)37-30(39)27-26-21-6-2-4-8-23(21)32(28(27)31(37)40,24-9-5-3-7-22(24)26)17-35-36-29(38)19-12-14-34-15-13-19/h2-17,26-28H,1H3,(H,36,38)/b35-17+. The van der Waals surface area contributed by atoms with E-state index in [-0.39, 0.29) is 17.7 Å². The van der Waals surface area contributed by atoms with E-state index in [2.05, 4.69) is 15.5 Å². The highest BCUT2D eigenvalue weighted by Crippen LogP contribution is 2.63. The second-order valence-electron chi connectivity index (χ2n) is 10.4. The summed E-state index contributed by atoms with van der Waals surface area (Å²) in [7, 11) is 0. The maximum Gasteiger partial charge on any atom is 0.271 e. The van der Waals surface area contributed by atoms with Crippen LogP contribution in [0.25, 0.3) is 0 Å². The average Bonchev–Trinajstić information content (AvgIpc) is 3.25. The molecule has 2 atom stereocenters. The van der Waals surface area contributed by atoms with Crippen molar-refractivity contribution in [2.75, 3.05) is 4.90 Å². The molecule has 8 rings (SSSR count). The van der Waals surface area contributed by atoms with Gasteiger partial charge in [0.1, 0.15) is 0 Å². The van der Waals surface area contributed by atoms with Crippen molar-refractivity contribution in [3.63, 3.8) is 0 Å². The molecule has 0 radical (unpaired) electrons. The molecule has 1 aromatic heterocycles. The number of aromatic nitrogens is 1. The molecule has 40 heavy (non-hydrogen) atoms. The van der Waals surface area contributed by atoms with Gasteiger partial charge >= 0.3 is 0 Å². The van der Waals surface area contributed by atoms with E-state index in [1.807, 2.05) is 61.5 Å². The third-order valence-electron chi connectivity index (χ3n) is 8.47. The molecule has 1 fully saturated rings. The number of hydrazone groups is 1. The summed E-state index contributed by atoms with van der Waals surface area (Å²) in [6.45, 7) is 1.86. The molecule has 0 spiro atoms. The molecule has 0 saturated carbocycles. The lowest BCUT2D eigenvalue weighted by Crippen LogP contribution is -2.54. The summed E-state index contributed by atoms with van der Waals surface area (Å²) < 4.78 is 0. The number of nitrogens with zero attached hydrogens (tertiary/aromatic N) is 3. The van der Waals surface area contributed by atoms with Crippen LogP contribution in [-0.4, -0.2) is 28.9 Å². The van der Waals surface area contributed by atoms with Crippen molar-refractivity contribution in [1.29, 1.82) is 0 Å². The first-order valence-electron chi connectivity index (χ1n) is 13.0. The highest BCUT2D eigenvalue weighted by atomic mass is 35.5. The summed E-state index contributed by atoms with van der Waals surface area (Å²) >= 11 is 6.32. The summed E-state index contributed by atoms with van der Waals surface area (Å²) in [5.74, 6) is -2.65. The van der Waals surface area contributed by atoms with Crippen LogP contribution in [0, 0.1) is 18.8 Å². The molecule has 3 aromatic carbocycles. The molecular formula is C32H23ClN4O3. The van der Waals surface area contributed by atoms with E-state index in [0.29, 0.717) is 16.3 Å². The molecule has 196 valence electrons. The van der Waals surface area contributed by atoms with Crippen LogP contribution < -0.4 is 10.3 Å². The van der Waals surface area contributed by atoms with Gasteiger partial charge in [-0.2, -0.15) is 5.10 Å². The first-order valence-corrected chi connectivity index (χ1v) is 13.4. The molecule has 3 aliphatic carbocycles. The van der Waals surface area contributed by atoms with Gasteiger partial charge < -0.3 is 0 Å². The van der Waals surface area contributed by atoms with Crippen LogP contribution in [0.4, 0.5) is 5.69 Å². The van der Waals surface area contributed by atoms with E-state index < -0.39 is 23.2 Å². The number of halogens is 1. The molecule has 4 aliphatic rings. The lowest BCUT2D eigenvalue weighted by molar-refractivity contribution is -0.122. The van der Waals surface area contributed by atoms with Crippen LogP contribution in [0.5, 0.6) is 0 Å². The van der Waals surface area contributed by atoms with Crippen molar-refractivity contribution in [2.24, 2.45) is 16.9 Å². The van der Waals surface area contributed by atoms with Gasteiger partial charge in [0.05, 0.1) is 22.9 Å². The van der Waals surface area contributed by atoms with Crippen LogP contribution in [0.1, 0.15) is 44.1 Å². The molecule has 2 bridgehead atoms. The average molecular weight is 547 g/mol. The largest absolute Gasteiger partial charge is 0.274 e. The van der Waals surface area contributed by atoms with Crippen molar-refractivity contribution in [2.45, 2.75) is 18.3 Å². The number of carbonyl (C=O) groups is 3. The summed E-state index contributed by atoms with van der Waals surface area (Å²) in [6.07, 6.45) is 4.72. The maximum absolute atomic E-state index is 14.5. The molecule has 7 nitrogen and oxygen atoms in total. The highest BCUT2D eigenvalue weighted by molar-refractivity contribution is 6.31. The molecule has 1 aliphatic heterocycles. The Hall–Kier alpha value is -4.62. The Balaban J connectivity index is 1.43. The Kier molecular flexibility index (Phi) is 5.47. The maximum atomic E-state index is 14.5. The molecule has 1 N–H and O–H groups in total. The van der Waals surface area contributed by atoms with E-state index in [1.165, 1.54) is 17.3 Å². The van der Waals surface area contributed by atoms with Crippen LogP contribution in [-0.2, 0) is 15.0 Å². The molecule has 2 heterocycles. The van der Waals surface area contributed by atoms with Crippen LogP contribution in [0.2, 0.25) is 5.02 Å². The smallest absolute Gasteiger partial charge is 0.271 e. The van der Waals surface area contributed by atoms with Crippen molar-refractivity contribution in [1.82, 2.24) is 10.4 Å². The zero-order valence-corrected chi connectivity index (χ0v) is 22.2. The van der Waals surface area contributed by atoms with Crippen molar-refractivity contribution in [3.8, 4) is 0 Å². The van der Waals surface area contributed by atoms with E-state index in [9.17, 15) is 14.4 Å². The molecule has 8 heteroatoms. The van der Waals surface area contributed by atoms with Gasteiger partial charge in [-0.05, 0) is 59.0 Å². The fraction of sp³-hybridized carbons (Fsp3) is 0.156. The number of hydrogen-bond acceptors (Lipinski definition) is 5. The quantitative estimate of drug-likeness (QED) is 0.221. The summed E-state index contributed by atoms with van der Waals surface area (Å²) in [4.78, 5) is 46.8. The minimum absolute atomic E-state index is 0.257. The number of imide groups is 1. The van der Waals surface area contributed by atoms with E-state index in [4.69, 9.17) is 11.6 Å². The normalized spacial score (nSPS) is 24.1. The van der Waals surface area contributed by atoms with Gasteiger partial charge in [0.2, 0.25) is 11.8 Å². The lowest BCUT2D eigenvalue weighted by Gasteiger charge is -2.52. The van der Waals surface area contributed by atoms with E-state index in [1.54, 1.807) is 30.5 Å². The third-order valence-corrected chi connectivity index (χ3v) is 8.71. The lowest BCUT2D eigenvalue weighted by atomic mass is 9.47. The summed E-state index contributed by atoms with van der Waals surface area (Å²) in [5.41, 5.74) is 7.01. The zero-order chi connectivity index (χ0) is 27.6. The van der Waals surface area contributed by atoms with Crippen molar-refractivity contribution in [3.05, 3.63) is 130 Å². The fourth-order valence-electron chi connectivity index (χ4n) is 6.87. The highest BCUT2D eigenvalue weighted by Gasteiger charge is 2.68. The Bertz CT molecular complexity index is 1700. The Labute approximate surface area is 235 Å². The second kappa shape index (κ2) is 8.96. The Morgan fingerprint density at radius 2 is 1.60 bits per heavy atom. The minimum Gasteiger partial charge on any atom is -0.274 e. The summed E-state index contributed by atoms with van der Waals surface area (Å²) in [5, 5.41) is 4.88. The fourth-order valence-corrected chi connectivity index (χ4v) is 7.04. The Morgan fingerprint density at radius 1 is 0.950 bits per heavy atom. The molecule has 1 saturated heterocycles. The number of amides is 3. The predicted molar refractivity (Wildman–Crippen MR) is 151 cm³/mol. The van der Waals surface area contributed by atoms with E-state index in [0.717, 1.165) is 27.8 Å². The SMILES string of the molecule is Cc1ccc(Cl)cc1N1C(=O)C2C3c4ccccc4C(/C=N/NC(=O)c4ccncc4)(c4ccccc43)C2C1=O. The number of hydrogen-bond donors (Lipinski definition) is 1. The molecule has 4 aromatic rings. The number of aryl methyl sites for hydroxylation is 1. The Morgan fingerprint density at radius 3 is 2.27 bits per heavy atom. The minimum atomic E-state index is -1.08. The van der Waals surface area contributed by atoms with Gasteiger partial charge in [-0.15, -0.1) is 0 Å². The van der Waals surface area contributed by atoms with Crippen LogP contribution in [0.15, 0.2) is 96.4 Å². The number of benzene rings is 3. The monoisotopic (exact) mass is 546 g/mol.